The van der Waals surface area contributed by atoms with Crippen molar-refractivity contribution in [2.45, 2.75) is 33.6 Å². The summed E-state index contributed by atoms with van der Waals surface area (Å²) in [5.41, 5.74) is 3.84. The second-order valence-electron chi connectivity index (χ2n) is 6.67. The van der Waals surface area contributed by atoms with Crippen LogP contribution >= 0.6 is 0 Å². The molecule has 22 heavy (non-hydrogen) atoms. The second kappa shape index (κ2) is 5.71. The van der Waals surface area contributed by atoms with Gasteiger partial charge < -0.3 is 4.74 Å². The Morgan fingerprint density at radius 3 is 2.41 bits per heavy atom. The molecule has 0 aromatic heterocycles. The van der Waals surface area contributed by atoms with Crippen molar-refractivity contribution in [3.63, 3.8) is 0 Å². The van der Waals surface area contributed by atoms with E-state index >= 15 is 0 Å². The molecule has 1 fully saturated rings. The summed E-state index contributed by atoms with van der Waals surface area (Å²) >= 11 is 0. The van der Waals surface area contributed by atoms with E-state index in [1.165, 1.54) is 5.56 Å². The zero-order valence-electron chi connectivity index (χ0n) is 13.4. The summed E-state index contributed by atoms with van der Waals surface area (Å²) in [6, 6.07) is 3.90. The van der Waals surface area contributed by atoms with Crippen LogP contribution in [0.2, 0.25) is 0 Å². The number of carbonyl (C=O) groups is 2. The Morgan fingerprint density at radius 1 is 1.05 bits per heavy atom. The summed E-state index contributed by atoms with van der Waals surface area (Å²) in [6.07, 6.45) is 6.24. The van der Waals surface area contributed by atoms with Gasteiger partial charge in [0.15, 0.2) is 6.61 Å². The Morgan fingerprint density at radius 2 is 1.77 bits per heavy atom. The van der Waals surface area contributed by atoms with Gasteiger partial charge in [-0.3, -0.25) is 9.59 Å². The van der Waals surface area contributed by atoms with Gasteiger partial charge >= 0.3 is 5.97 Å². The van der Waals surface area contributed by atoms with Crippen LogP contribution in [0.15, 0.2) is 24.3 Å². The van der Waals surface area contributed by atoms with Crippen molar-refractivity contribution in [3.05, 3.63) is 46.5 Å². The molecule has 1 saturated carbocycles. The van der Waals surface area contributed by atoms with E-state index in [1.807, 2.05) is 32.9 Å². The smallest absolute Gasteiger partial charge is 0.310 e. The van der Waals surface area contributed by atoms with Gasteiger partial charge in [0.05, 0.1) is 5.92 Å². The number of ether oxygens (including phenoxy) is 1. The summed E-state index contributed by atoms with van der Waals surface area (Å²) < 4.78 is 5.30. The number of hydrogen-bond acceptors (Lipinski definition) is 3. The second-order valence-corrected chi connectivity index (χ2v) is 6.67. The fourth-order valence-corrected chi connectivity index (χ4v) is 3.63. The number of carbonyl (C=O) groups excluding carboxylic acids is 2. The van der Waals surface area contributed by atoms with E-state index in [0.29, 0.717) is 17.4 Å². The van der Waals surface area contributed by atoms with Gasteiger partial charge in [-0.25, -0.2) is 0 Å². The number of esters is 1. The average Bonchev–Trinajstić information content (AvgIpc) is 3.11. The molecule has 3 heteroatoms. The lowest BCUT2D eigenvalue weighted by atomic mass is 9.94. The number of ketones is 1. The molecular weight excluding hydrogens is 276 g/mol. The number of hydrogen-bond donors (Lipinski definition) is 0. The van der Waals surface area contributed by atoms with Crippen LogP contribution in [0.25, 0.3) is 0 Å². The van der Waals surface area contributed by atoms with E-state index < -0.39 is 0 Å². The van der Waals surface area contributed by atoms with Crippen LogP contribution in [-0.4, -0.2) is 18.4 Å². The number of rotatable bonds is 4. The van der Waals surface area contributed by atoms with Gasteiger partial charge in [-0.2, -0.15) is 0 Å². The first kappa shape index (κ1) is 15.0. The third kappa shape index (κ3) is 2.72. The molecule has 0 spiro atoms. The molecule has 3 rings (SSSR count). The monoisotopic (exact) mass is 298 g/mol. The van der Waals surface area contributed by atoms with Crippen molar-refractivity contribution in [1.82, 2.24) is 0 Å². The van der Waals surface area contributed by atoms with Crippen molar-refractivity contribution in [2.24, 2.45) is 17.8 Å². The Hall–Kier alpha value is -1.90. The normalized spacial score (nSPS) is 25.5. The van der Waals surface area contributed by atoms with Gasteiger partial charge in [-0.1, -0.05) is 18.2 Å². The third-order valence-corrected chi connectivity index (χ3v) is 5.07. The van der Waals surface area contributed by atoms with Crippen LogP contribution in [-0.2, 0) is 9.53 Å². The van der Waals surface area contributed by atoms with Crippen molar-refractivity contribution in [3.8, 4) is 0 Å². The quantitative estimate of drug-likeness (QED) is 0.485. The maximum absolute atomic E-state index is 12.3. The lowest BCUT2D eigenvalue weighted by Crippen LogP contribution is -2.24. The topological polar surface area (TPSA) is 43.4 Å². The number of Topliss-reactive ketones (excluding diaryl/α,β-unsaturated/α-hetero) is 1. The van der Waals surface area contributed by atoms with Gasteiger partial charge in [0, 0.05) is 5.56 Å². The highest BCUT2D eigenvalue weighted by atomic mass is 16.5. The molecule has 1 aromatic rings. The summed E-state index contributed by atoms with van der Waals surface area (Å²) in [5.74, 6) is 0.458. The highest BCUT2D eigenvalue weighted by Crippen LogP contribution is 2.43. The molecule has 0 amide bonds. The standard InChI is InChI=1S/C19H22O3/c1-11-6-13(3)16(7-12(11)2)18(20)10-22-19(21)17-9-14-4-5-15(17)8-14/h4-7,14-15,17H,8-10H2,1-3H3/t14-,15-,17+/m0/s1. The van der Waals surface area contributed by atoms with Gasteiger partial charge in [-0.15, -0.1) is 0 Å². The Kier molecular flexibility index (Phi) is 3.90. The maximum Gasteiger partial charge on any atom is 0.310 e. The number of allylic oxidation sites excluding steroid dienone is 2. The van der Waals surface area contributed by atoms with Crippen LogP contribution < -0.4 is 0 Å². The van der Waals surface area contributed by atoms with Gasteiger partial charge in [-0.05, 0) is 68.2 Å². The van der Waals surface area contributed by atoms with Gasteiger partial charge in [0.1, 0.15) is 0 Å². The minimum Gasteiger partial charge on any atom is -0.457 e. The van der Waals surface area contributed by atoms with E-state index in [-0.39, 0.29) is 24.3 Å². The molecule has 3 atom stereocenters. The lowest BCUT2D eigenvalue weighted by molar-refractivity contribution is -0.148. The largest absolute Gasteiger partial charge is 0.457 e. The lowest BCUT2D eigenvalue weighted by Gasteiger charge is -2.16. The highest BCUT2D eigenvalue weighted by molar-refractivity contribution is 5.99. The molecular formula is C19H22O3. The highest BCUT2D eigenvalue weighted by Gasteiger charge is 2.40. The Balaban J connectivity index is 1.62. The summed E-state index contributed by atoms with van der Waals surface area (Å²) in [6.45, 7) is 5.78. The van der Waals surface area contributed by atoms with E-state index in [4.69, 9.17) is 4.74 Å². The van der Waals surface area contributed by atoms with Crippen LogP contribution in [0.4, 0.5) is 0 Å². The van der Waals surface area contributed by atoms with Gasteiger partial charge in [0.2, 0.25) is 5.78 Å². The van der Waals surface area contributed by atoms with E-state index in [1.54, 1.807) is 0 Å². The molecule has 1 aromatic carbocycles. The van der Waals surface area contributed by atoms with Crippen LogP contribution in [0.5, 0.6) is 0 Å². The van der Waals surface area contributed by atoms with Crippen LogP contribution in [0.3, 0.4) is 0 Å². The fraction of sp³-hybridized carbons (Fsp3) is 0.474. The number of benzene rings is 1. The van der Waals surface area contributed by atoms with Crippen molar-refractivity contribution < 1.29 is 14.3 Å². The third-order valence-electron chi connectivity index (χ3n) is 5.07. The zero-order chi connectivity index (χ0) is 15.9. The average molecular weight is 298 g/mol. The molecule has 3 nitrogen and oxygen atoms in total. The first-order valence-corrected chi connectivity index (χ1v) is 7.91. The zero-order valence-corrected chi connectivity index (χ0v) is 13.4. The maximum atomic E-state index is 12.3. The molecule has 0 saturated heterocycles. The summed E-state index contributed by atoms with van der Waals surface area (Å²) in [4.78, 5) is 24.5. The SMILES string of the molecule is Cc1cc(C)c(C(=O)COC(=O)[C@@H]2C[C@H]3C=C[C@H]2C3)cc1C. The van der Waals surface area contributed by atoms with Crippen LogP contribution in [0, 0.1) is 38.5 Å². The van der Waals surface area contributed by atoms with Crippen LogP contribution in [0.1, 0.15) is 39.9 Å². The summed E-state index contributed by atoms with van der Waals surface area (Å²) in [7, 11) is 0. The molecule has 2 aliphatic carbocycles. The Labute approximate surface area is 131 Å². The van der Waals surface area contributed by atoms with E-state index in [9.17, 15) is 9.59 Å². The molecule has 0 radical (unpaired) electrons. The fourth-order valence-electron chi connectivity index (χ4n) is 3.63. The van der Waals surface area contributed by atoms with E-state index in [2.05, 4.69) is 12.2 Å². The van der Waals surface area contributed by atoms with Crippen molar-refractivity contribution in [2.75, 3.05) is 6.61 Å². The molecule has 0 unspecified atom stereocenters. The van der Waals surface area contributed by atoms with Gasteiger partial charge in [0.25, 0.3) is 0 Å². The van der Waals surface area contributed by atoms with Crippen molar-refractivity contribution >= 4 is 11.8 Å². The molecule has 0 aliphatic heterocycles. The predicted octanol–water partition coefficient (Wildman–Crippen LogP) is 3.55. The van der Waals surface area contributed by atoms with Crippen molar-refractivity contribution in [1.29, 1.82) is 0 Å². The first-order chi connectivity index (χ1) is 10.5. The first-order valence-electron chi connectivity index (χ1n) is 7.91. The van der Waals surface area contributed by atoms with E-state index in [0.717, 1.165) is 24.0 Å². The molecule has 0 N–H and O–H groups in total. The minimum absolute atomic E-state index is 0.0522. The minimum atomic E-state index is -0.216. The molecule has 2 aliphatic rings. The predicted molar refractivity (Wildman–Crippen MR) is 84.8 cm³/mol. The molecule has 0 heterocycles. The number of fused-ring (bicyclic) bond motifs is 2. The molecule has 116 valence electrons. The molecule has 2 bridgehead atoms. The Bertz CT molecular complexity index is 657. The number of aryl methyl sites for hydroxylation is 3. The summed E-state index contributed by atoms with van der Waals surface area (Å²) in [5, 5.41) is 0.